The molecule has 2 aromatic rings. The zero-order chi connectivity index (χ0) is 10.1. The Morgan fingerprint density at radius 2 is 2.00 bits per heavy atom. The lowest BCUT2D eigenvalue weighted by atomic mass is 10.1. The molecule has 72 valence electrons. The summed E-state index contributed by atoms with van der Waals surface area (Å²) in [5.41, 5.74) is 3.72. The molecule has 0 saturated carbocycles. The average Bonchev–Trinajstić information content (AvgIpc) is 2.57. The first kappa shape index (κ1) is 9.80. The van der Waals surface area contributed by atoms with Crippen molar-refractivity contribution in [3.8, 4) is 10.6 Å². The fourth-order valence-corrected chi connectivity index (χ4v) is 2.27. The second-order valence-corrected chi connectivity index (χ2v) is 4.63. The molecule has 0 unspecified atom stereocenters. The molecule has 4 heteroatoms. The van der Waals surface area contributed by atoms with Crippen molar-refractivity contribution in [3.63, 3.8) is 0 Å². The van der Waals surface area contributed by atoms with Crippen LogP contribution in [0.1, 0.15) is 11.1 Å². The molecule has 0 N–H and O–H groups in total. The highest BCUT2D eigenvalue weighted by molar-refractivity contribution is 9.10. The van der Waals surface area contributed by atoms with Gasteiger partial charge in [-0.05, 0) is 58.5 Å². The number of nitrogens with zero attached hydrogens (tertiary/aromatic N) is 2. The lowest BCUT2D eigenvalue weighted by Crippen LogP contribution is -1.82. The monoisotopic (exact) mass is 268 g/mol. The molecule has 0 saturated heterocycles. The van der Waals surface area contributed by atoms with E-state index in [0.29, 0.717) is 4.73 Å². The van der Waals surface area contributed by atoms with Crippen LogP contribution in [-0.2, 0) is 0 Å². The SMILES string of the molecule is Cc1ccc(-c2nc(Br)ns2)cc1C. The van der Waals surface area contributed by atoms with Gasteiger partial charge in [-0.2, -0.15) is 4.37 Å². The molecule has 0 aliphatic rings. The van der Waals surface area contributed by atoms with Crippen LogP contribution in [0.3, 0.4) is 0 Å². The first-order chi connectivity index (χ1) is 6.66. The van der Waals surface area contributed by atoms with E-state index in [2.05, 4.69) is 57.3 Å². The van der Waals surface area contributed by atoms with E-state index < -0.39 is 0 Å². The molecule has 1 aromatic carbocycles. The van der Waals surface area contributed by atoms with Crippen LogP contribution in [0.2, 0.25) is 0 Å². The Labute approximate surface area is 95.3 Å². The largest absolute Gasteiger partial charge is 0.209 e. The van der Waals surface area contributed by atoms with Gasteiger partial charge in [0.1, 0.15) is 5.01 Å². The van der Waals surface area contributed by atoms with Crippen molar-refractivity contribution in [1.29, 1.82) is 0 Å². The summed E-state index contributed by atoms with van der Waals surface area (Å²) in [6, 6.07) is 6.33. The van der Waals surface area contributed by atoms with Gasteiger partial charge in [-0.15, -0.1) is 0 Å². The van der Waals surface area contributed by atoms with Crippen molar-refractivity contribution in [2.75, 3.05) is 0 Å². The van der Waals surface area contributed by atoms with Gasteiger partial charge in [0.15, 0.2) is 0 Å². The van der Waals surface area contributed by atoms with E-state index in [9.17, 15) is 0 Å². The van der Waals surface area contributed by atoms with E-state index in [0.717, 1.165) is 10.6 Å². The number of hydrogen-bond acceptors (Lipinski definition) is 3. The highest BCUT2D eigenvalue weighted by atomic mass is 79.9. The van der Waals surface area contributed by atoms with Gasteiger partial charge >= 0.3 is 0 Å². The minimum atomic E-state index is 0.663. The molecule has 0 bridgehead atoms. The number of benzene rings is 1. The lowest BCUT2D eigenvalue weighted by molar-refractivity contribution is 1.25. The van der Waals surface area contributed by atoms with Gasteiger partial charge in [-0.3, -0.25) is 0 Å². The van der Waals surface area contributed by atoms with E-state index in [4.69, 9.17) is 0 Å². The van der Waals surface area contributed by atoms with Crippen molar-refractivity contribution < 1.29 is 0 Å². The quantitative estimate of drug-likeness (QED) is 0.790. The van der Waals surface area contributed by atoms with E-state index in [-0.39, 0.29) is 0 Å². The third kappa shape index (κ3) is 1.86. The molecule has 14 heavy (non-hydrogen) atoms. The van der Waals surface area contributed by atoms with Gasteiger partial charge in [0.05, 0.1) is 0 Å². The molecule has 0 atom stereocenters. The Bertz CT molecular complexity index is 465. The normalized spacial score (nSPS) is 10.5. The predicted octanol–water partition coefficient (Wildman–Crippen LogP) is 3.58. The molecular weight excluding hydrogens is 260 g/mol. The average molecular weight is 269 g/mol. The molecular formula is C10H9BrN2S. The van der Waals surface area contributed by atoms with Crippen LogP contribution in [0, 0.1) is 13.8 Å². The topological polar surface area (TPSA) is 25.8 Å². The van der Waals surface area contributed by atoms with Gasteiger partial charge in [-0.25, -0.2) is 4.98 Å². The minimum absolute atomic E-state index is 0.663. The van der Waals surface area contributed by atoms with Gasteiger partial charge in [-0.1, -0.05) is 12.1 Å². The molecule has 0 aliphatic carbocycles. The smallest absolute Gasteiger partial charge is 0.209 e. The first-order valence-corrected chi connectivity index (χ1v) is 5.80. The van der Waals surface area contributed by atoms with Crippen LogP contribution in [-0.4, -0.2) is 9.36 Å². The molecule has 2 rings (SSSR count). The van der Waals surface area contributed by atoms with Gasteiger partial charge in [0.25, 0.3) is 0 Å². The van der Waals surface area contributed by atoms with Crippen LogP contribution in [0.25, 0.3) is 10.6 Å². The van der Waals surface area contributed by atoms with Crippen LogP contribution in [0.4, 0.5) is 0 Å². The zero-order valence-corrected chi connectivity index (χ0v) is 10.3. The van der Waals surface area contributed by atoms with Crippen molar-refractivity contribution >= 4 is 27.5 Å². The molecule has 0 amide bonds. The number of aryl methyl sites for hydroxylation is 2. The summed E-state index contributed by atoms with van der Waals surface area (Å²) >= 11 is 4.66. The van der Waals surface area contributed by atoms with Gasteiger partial charge in [0, 0.05) is 5.56 Å². The first-order valence-electron chi connectivity index (χ1n) is 4.23. The van der Waals surface area contributed by atoms with Crippen molar-refractivity contribution in [3.05, 3.63) is 34.1 Å². The summed E-state index contributed by atoms with van der Waals surface area (Å²) < 4.78 is 4.76. The second-order valence-electron chi connectivity index (χ2n) is 3.17. The van der Waals surface area contributed by atoms with Crippen LogP contribution in [0.5, 0.6) is 0 Å². The number of aromatic nitrogens is 2. The maximum atomic E-state index is 4.28. The van der Waals surface area contributed by atoms with Crippen LogP contribution in [0.15, 0.2) is 22.9 Å². The Morgan fingerprint density at radius 1 is 1.21 bits per heavy atom. The predicted molar refractivity (Wildman–Crippen MR) is 62.5 cm³/mol. The Hall–Kier alpha value is -0.740. The van der Waals surface area contributed by atoms with Crippen molar-refractivity contribution in [1.82, 2.24) is 9.36 Å². The molecule has 1 heterocycles. The third-order valence-electron chi connectivity index (χ3n) is 2.16. The standard InChI is InChI=1S/C10H9BrN2S/c1-6-3-4-8(5-7(6)2)9-12-10(11)13-14-9/h3-5H,1-2H3. The molecule has 1 aromatic heterocycles. The van der Waals surface area contributed by atoms with Gasteiger partial charge in [0.2, 0.25) is 4.73 Å². The van der Waals surface area contributed by atoms with E-state index >= 15 is 0 Å². The van der Waals surface area contributed by atoms with Crippen LogP contribution < -0.4 is 0 Å². The lowest BCUT2D eigenvalue weighted by Gasteiger charge is -2.01. The van der Waals surface area contributed by atoms with Crippen molar-refractivity contribution in [2.45, 2.75) is 13.8 Å². The zero-order valence-electron chi connectivity index (χ0n) is 7.91. The fourth-order valence-electron chi connectivity index (χ4n) is 1.20. The summed E-state index contributed by atoms with van der Waals surface area (Å²) in [4.78, 5) is 4.28. The summed E-state index contributed by atoms with van der Waals surface area (Å²) in [6.45, 7) is 4.21. The molecule has 0 fully saturated rings. The third-order valence-corrected chi connectivity index (χ3v) is 3.51. The highest BCUT2D eigenvalue weighted by Gasteiger charge is 2.04. The minimum Gasteiger partial charge on any atom is -0.209 e. The maximum absolute atomic E-state index is 4.28. The van der Waals surface area contributed by atoms with E-state index in [1.165, 1.54) is 22.7 Å². The summed E-state index contributed by atoms with van der Waals surface area (Å²) in [5.74, 6) is 0. The molecule has 0 radical (unpaired) electrons. The number of rotatable bonds is 1. The maximum Gasteiger partial charge on any atom is 0.209 e. The summed E-state index contributed by atoms with van der Waals surface area (Å²) in [6.07, 6.45) is 0. The molecule has 2 nitrogen and oxygen atoms in total. The Morgan fingerprint density at radius 3 is 2.57 bits per heavy atom. The summed E-state index contributed by atoms with van der Waals surface area (Å²) in [7, 11) is 0. The van der Waals surface area contributed by atoms with E-state index in [1.54, 1.807) is 0 Å². The number of halogens is 1. The fraction of sp³-hybridized carbons (Fsp3) is 0.200. The van der Waals surface area contributed by atoms with Crippen LogP contribution >= 0.6 is 27.5 Å². The Balaban J connectivity index is 2.47. The highest BCUT2D eigenvalue weighted by Crippen LogP contribution is 2.24. The van der Waals surface area contributed by atoms with Crippen molar-refractivity contribution in [2.24, 2.45) is 0 Å². The summed E-state index contributed by atoms with van der Waals surface area (Å²) in [5, 5.41) is 0.958. The second kappa shape index (κ2) is 3.79. The Kier molecular flexibility index (Phi) is 2.65. The number of hydrogen-bond donors (Lipinski definition) is 0. The molecule has 0 spiro atoms. The molecule has 0 aliphatic heterocycles. The van der Waals surface area contributed by atoms with Gasteiger partial charge < -0.3 is 0 Å². The van der Waals surface area contributed by atoms with E-state index in [1.807, 2.05) is 0 Å².